The molecule has 0 saturated carbocycles. The molecule has 0 aliphatic carbocycles. The Morgan fingerprint density at radius 2 is 1.88 bits per heavy atom. The number of hydrogen-bond donors (Lipinski definition) is 1. The first-order chi connectivity index (χ1) is 20.5. The summed E-state index contributed by atoms with van der Waals surface area (Å²) in [5.41, 5.74) is 5.07. The molecule has 2 aliphatic heterocycles. The summed E-state index contributed by atoms with van der Waals surface area (Å²) in [7, 11) is 0. The quantitative estimate of drug-likeness (QED) is 0.370. The van der Waals surface area contributed by atoms with Crippen LogP contribution in [0.4, 0.5) is 24.8 Å². The minimum atomic E-state index is -4.73. The number of amides is 1. The summed E-state index contributed by atoms with van der Waals surface area (Å²) in [6.45, 7) is 7.86. The van der Waals surface area contributed by atoms with Crippen LogP contribution in [0.5, 0.6) is 0 Å². The average Bonchev–Trinajstić information content (AvgIpc) is 3.45. The largest absolute Gasteiger partial charge is 0.437 e. The molecular weight excluding hydrogens is 587 g/mol. The lowest BCUT2D eigenvalue weighted by molar-refractivity contribution is -0.140. The minimum Gasteiger partial charge on any atom is -0.419 e. The fraction of sp³-hybridized carbons (Fsp3) is 0.571. The highest BCUT2D eigenvalue weighted by Crippen LogP contribution is 2.38. The van der Waals surface area contributed by atoms with Gasteiger partial charge in [-0.05, 0) is 44.7 Å². The van der Waals surface area contributed by atoms with Gasteiger partial charge in [0.2, 0.25) is 5.89 Å². The van der Waals surface area contributed by atoms with Crippen molar-refractivity contribution in [3.8, 4) is 11.6 Å². The van der Waals surface area contributed by atoms with Gasteiger partial charge in [-0.2, -0.15) is 13.2 Å². The van der Waals surface area contributed by atoms with E-state index in [1.165, 1.54) is 6.20 Å². The molecule has 5 rings (SSSR count). The standard InChI is InChI=1S/C28H35ClF3N9O2/c1-4-6-22-37-38-26(43-22)20-13-34-25(23(35-20)28(30,31)32)40-15-17(5-2)41(14-16(40)3)18-9-11-39(12-10-18)27(42)19-7-8-21(29)36-24(19)33/h7-8,13,16-18H,4-6,9-12,14-15H2,1-3H3,(H2,33,36)/t16-,17+/m1/s1. The van der Waals surface area contributed by atoms with Gasteiger partial charge in [-0.3, -0.25) is 9.69 Å². The number of nitrogen functional groups attached to an aromatic ring is 1. The van der Waals surface area contributed by atoms with E-state index in [4.69, 9.17) is 21.8 Å². The number of aryl methyl sites for hydroxylation is 1. The lowest BCUT2D eigenvalue weighted by Crippen LogP contribution is -2.62. The molecule has 0 bridgehead atoms. The maximum atomic E-state index is 14.3. The number of piperazine rings is 1. The molecule has 0 spiro atoms. The number of alkyl halides is 3. The van der Waals surface area contributed by atoms with E-state index in [-0.39, 0.29) is 52.4 Å². The number of pyridine rings is 1. The summed E-state index contributed by atoms with van der Waals surface area (Å²) in [5.74, 6) is -0.0341. The lowest BCUT2D eigenvalue weighted by Gasteiger charge is -2.50. The summed E-state index contributed by atoms with van der Waals surface area (Å²) in [5, 5.41) is 7.99. The third-order valence-electron chi connectivity index (χ3n) is 8.14. The summed E-state index contributed by atoms with van der Waals surface area (Å²) in [6.07, 6.45) is 0.0366. The maximum absolute atomic E-state index is 14.3. The molecule has 232 valence electrons. The molecule has 15 heteroatoms. The molecule has 1 amide bonds. The van der Waals surface area contributed by atoms with E-state index < -0.39 is 11.9 Å². The minimum absolute atomic E-state index is 0.00494. The molecule has 43 heavy (non-hydrogen) atoms. The fourth-order valence-electron chi connectivity index (χ4n) is 5.93. The highest BCUT2D eigenvalue weighted by atomic mass is 35.5. The van der Waals surface area contributed by atoms with Gasteiger partial charge >= 0.3 is 6.18 Å². The first kappa shape index (κ1) is 30.9. The number of likely N-dealkylation sites (tertiary alicyclic amines) is 1. The third kappa shape index (κ3) is 6.54. The van der Waals surface area contributed by atoms with E-state index in [2.05, 4.69) is 30.0 Å². The summed E-state index contributed by atoms with van der Waals surface area (Å²) < 4.78 is 48.4. The smallest absolute Gasteiger partial charge is 0.419 e. The predicted octanol–water partition coefficient (Wildman–Crippen LogP) is 4.72. The van der Waals surface area contributed by atoms with Crippen LogP contribution in [0.25, 0.3) is 11.6 Å². The van der Waals surface area contributed by atoms with Gasteiger partial charge in [0, 0.05) is 50.7 Å². The van der Waals surface area contributed by atoms with Crippen molar-refractivity contribution in [2.24, 2.45) is 0 Å². The zero-order valence-electron chi connectivity index (χ0n) is 24.3. The molecule has 0 aromatic carbocycles. The molecule has 2 N–H and O–H groups in total. The number of piperidine rings is 1. The molecule has 5 heterocycles. The van der Waals surface area contributed by atoms with Crippen molar-refractivity contribution in [3.05, 3.63) is 40.6 Å². The Morgan fingerprint density at radius 3 is 2.53 bits per heavy atom. The van der Waals surface area contributed by atoms with Gasteiger partial charge in [0.25, 0.3) is 11.8 Å². The van der Waals surface area contributed by atoms with E-state index in [1.807, 2.05) is 20.8 Å². The first-order valence-corrected chi connectivity index (χ1v) is 14.9. The van der Waals surface area contributed by atoms with Crippen LogP contribution in [0.3, 0.4) is 0 Å². The van der Waals surface area contributed by atoms with E-state index in [0.29, 0.717) is 44.1 Å². The molecule has 3 aromatic heterocycles. The van der Waals surface area contributed by atoms with E-state index >= 15 is 0 Å². The van der Waals surface area contributed by atoms with Crippen LogP contribution in [0.2, 0.25) is 5.15 Å². The van der Waals surface area contributed by atoms with Crippen LogP contribution >= 0.6 is 11.6 Å². The van der Waals surface area contributed by atoms with Crippen LogP contribution in [0.15, 0.2) is 22.7 Å². The zero-order chi connectivity index (χ0) is 30.9. The van der Waals surface area contributed by atoms with Crippen molar-refractivity contribution in [2.75, 3.05) is 36.8 Å². The van der Waals surface area contributed by atoms with Crippen molar-refractivity contribution in [3.63, 3.8) is 0 Å². The highest BCUT2D eigenvalue weighted by molar-refractivity contribution is 6.29. The zero-order valence-corrected chi connectivity index (χ0v) is 25.1. The molecule has 2 saturated heterocycles. The highest BCUT2D eigenvalue weighted by Gasteiger charge is 2.43. The number of halogens is 4. The Morgan fingerprint density at radius 1 is 1.14 bits per heavy atom. The lowest BCUT2D eigenvalue weighted by atomic mass is 9.96. The second-order valence-corrected chi connectivity index (χ2v) is 11.4. The maximum Gasteiger partial charge on any atom is 0.437 e. The van der Waals surface area contributed by atoms with E-state index in [1.54, 1.807) is 21.9 Å². The van der Waals surface area contributed by atoms with Crippen LogP contribution < -0.4 is 10.6 Å². The Labute approximate surface area is 252 Å². The molecule has 2 aliphatic rings. The predicted molar refractivity (Wildman–Crippen MR) is 154 cm³/mol. The van der Waals surface area contributed by atoms with Crippen molar-refractivity contribution in [2.45, 2.75) is 77.2 Å². The summed E-state index contributed by atoms with van der Waals surface area (Å²) >= 11 is 5.88. The molecule has 0 radical (unpaired) electrons. The number of rotatable bonds is 7. The van der Waals surface area contributed by atoms with Crippen LogP contribution in [0, 0.1) is 0 Å². The molecule has 11 nitrogen and oxygen atoms in total. The second-order valence-electron chi connectivity index (χ2n) is 11.0. The van der Waals surface area contributed by atoms with Gasteiger partial charge < -0.3 is 20.0 Å². The number of nitrogens with zero attached hydrogens (tertiary/aromatic N) is 8. The molecule has 3 aromatic rings. The Bertz CT molecular complexity index is 1450. The van der Waals surface area contributed by atoms with E-state index in [9.17, 15) is 18.0 Å². The summed E-state index contributed by atoms with van der Waals surface area (Å²) in [6, 6.07) is 3.05. The average molecular weight is 622 g/mol. The third-order valence-corrected chi connectivity index (χ3v) is 8.35. The summed E-state index contributed by atoms with van der Waals surface area (Å²) in [4.78, 5) is 31.1. The molecular formula is C28H35ClF3N9O2. The number of carbonyl (C=O) groups excluding carboxylic acids is 1. The normalized spacial score (nSPS) is 20.5. The van der Waals surface area contributed by atoms with Crippen LogP contribution in [-0.4, -0.2) is 85.2 Å². The van der Waals surface area contributed by atoms with Gasteiger partial charge in [0.05, 0.1) is 11.8 Å². The van der Waals surface area contributed by atoms with Crippen LogP contribution in [-0.2, 0) is 12.6 Å². The number of carbonyl (C=O) groups is 1. The number of hydrogen-bond acceptors (Lipinski definition) is 10. The second kappa shape index (κ2) is 12.6. The van der Waals surface area contributed by atoms with Crippen molar-refractivity contribution >= 4 is 29.1 Å². The Balaban J connectivity index is 1.30. The van der Waals surface area contributed by atoms with Gasteiger partial charge in [-0.25, -0.2) is 15.0 Å². The number of aromatic nitrogens is 5. The molecule has 2 fully saturated rings. The van der Waals surface area contributed by atoms with Gasteiger partial charge in [0.1, 0.15) is 16.7 Å². The van der Waals surface area contributed by atoms with Crippen molar-refractivity contribution < 1.29 is 22.4 Å². The number of nitrogens with two attached hydrogens (primary N) is 1. The SMILES string of the molecule is CCCc1nnc(-c2cnc(N3C[C@H](CC)N(C4CCN(C(=O)c5ccc(Cl)nc5N)CC4)C[C@H]3C)c(C(F)(F)F)n2)o1. The first-order valence-electron chi connectivity index (χ1n) is 14.5. The topological polar surface area (TPSA) is 130 Å². The number of anilines is 2. The van der Waals surface area contributed by atoms with Crippen molar-refractivity contribution in [1.29, 1.82) is 0 Å². The van der Waals surface area contributed by atoms with Crippen molar-refractivity contribution in [1.82, 2.24) is 34.9 Å². The Kier molecular flexibility index (Phi) is 9.07. The fourth-order valence-corrected chi connectivity index (χ4v) is 6.08. The van der Waals surface area contributed by atoms with Gasteiger partial charge in [-0.15, -0.1) is 10.2 Å². The Hall–Kier alpha value is -3.52. The monoisotopic (exact) mass is 621 g/mol. The van der Waals surface area contributed by atoms with E-state index in [0.717, 1.165) is 25.7 Å². The molecule has 0 unspecified atom stereocenters. The molecule has 2 atom stereocenters. The van der Waals surface area contributed by atoms with Crippen LogP contribution in [0.1, 0.15) is 68.4 Å². The van der Waals surface area contributed by atoms with Gasteiger partial charge in [-0.1, -0.05) is 25.4 Å². The van der Waals surface area contributed by atoms with Gasteiger partial charge in [0.15, 0.2) is 11.5 Å².